The van der Waals surface area contributed by atoms with Crippen LogP contribution in [0.3, 0.4) is 0 Å². The molecule has 1 aliphatic carbocycles. The van der Waals surface area contributed by atoms with Gasteiger partial charge in [-0.25, -0.2) is 4.79 Å². The van der Waals surface area contributed by atoms with Gasteiger partial charge in [0.05, 0.1) is 6.04 Å². The minimum atomic E-state index is -0.690. The Morgan fingerprint density at radius 2 is 1.53 bits per heavy atom. The number of carbonyl (C=O) groups excluding carboxylic acids is 4. The fourth-order valence-corrected chi connectivity index (χ4v) is 5.18. The lowest BCUT2D eigenvalue weighted by molar-refractivity contribution is -0.146. The Hall–Kier alpha value is -2.32. The van der Waals surface area contributed by atoms with Crippen LogP contribution in [0.15, 0.2) is 0 Å². The SMILES string of the molecule is CC(C)(C)CC(=O)N1C[C@@H](NC(=O)NC2CCCCC2)C[C@H]1C(=O)N1CCC[C@@H]1C(N)=O. The number of nitrogens with one attached hydrogen (secondary N) is 2. The van der Waals surface area contributed by atoms with Crippen LogP contribution in [0.5, 0.6) is 0 Å². The van der Waals surface area contributed by atoms with E-state index in [1.165, 1.54) is 11.3 Å². The molecule has 0 spiro atoms. The van der Waals surface area contributed by atoms with Gasteiger partial charge < -0.3 is 26.2 Å². The summed E-state index contributed by atoms with van der Waals surface area (Å²) in [6.45, 7) is 6.70. The maximum absolute atomic E-state index is 13.4. The third-order valence-electron chi connectivity index (χ3n) is 6.73. The van der Waals surface area contributed by atoms with Gasteiger partial charge in [-0.15, -0.1) is 0 Å². The molecule has 9 nitrogen and oxygen atoms in total. The van der Waals surface area contributed by atoms with E-state index in [-0.39, 0.29) is 35.3 Å². The highest BCUT2D eigenvalue weighted by molar-refractivity contribution is 5.93. The predicted molar refractivity (Wildman–Crippen MR) is 120 cm³/mol. The van der Waals surface area contributed by atoms with Crippen molar-refractivity contribution in [3.8, 4) is 0 Å². The molecule has 3 fully saturated rings. The minimum Gasteiger partial charge on any atom is -0.368 e. The molecule has 2 aliphatic heterocycles. The first kappa shape index (κ1) is 24.3. The molecule has 0 aromatic heterocycles. The van der Waals surface area contributed by atoms with Crippen molar-refractivity contribution in [1.29, 1.82) is 0 Å². The second-order valence-corrected chi connectivity index (χ2v) is 10.8. The van der Waals surface area contributed by atoms with Gasteiger partial charge >= 0.3 is 6.03 Å². The molecule has 2 saturated heterocycles. The lowest BCUT2D eigenvalue weighted by Crippen LogP contribution is -2.52. The molecule has 3 aliphatic rings. The van der Waals surface area contributed by atoms with Crippen LogP contribution in [0.1, 0.15) is 78.6 Å². The summed E-state index contributed by atoms with van der Waals surface area (Å²) in [4.78, 5) is 54.0. The highest BCUT2D eigenvalue weighted by Crippen LogP contribution is 2.28. The zero-order chi connectivity index (χ0) is 23.5. The molecule has 9 heteroatoms. The van der Waals surface area contributed by atoms with Crippen LogP contribution in [-0.2, 0) is 14.4 Å². The quantitative estimate of drug-likeness (QED) is 0.588. The smallest absolute Gasteiger partial charge is 0.315 e. The summed E-state index contributed by atoms with van der Waals surface area (Å²) in [6, 6.07) is -1.68. The van der Waals surface area contributed by atoms with Gasteiger partial charge in [-0.2, -0.15) is 0 Å². The molecule has 3 rings (SSSR count). The number of rotatable bonds is 5. The van der Waals surface area contributed by atoms with Crippen molar-refractivity contribution in [2.45, 2.75) is 103 Å². The summed E-state index contributed by atoms with van der Waals surface area (Å²) in [5, 5.41) is 6.02. The van der Waals surface area contributed by atoms with Crippen LogP contribution in [0, 0.1) is 5.41 Å². The lowest BCUT2D eigenvalue weighted by Gasteiger charge is -2.31. The fourth-order valence-electron chi connectivity index (χ4n) is 5.18. The number of carbonyl (C=O) groups is 4. The van der Waals surface area contributed by atoms with Gasteiger partial charge in [-0.05, 0) is 37.5 Å². The molecule has 0 unspecified atom stereocenters. The summed E-state index contributed by atoms with van der Waals surface area (Å²) in [7, 11) is 0. The van der Waals surface area contributed by atoms with E-state index in [9.17, 15) is 19.2 Å². The Labute approximate surface area is 190 Å². The number of hydrogen-bond donors (Lipinski definition) is 3. The van der Waals surface area contributed by atoms with E-state index in [0.717, 1.165) is 25.7 Å². The molecule has 180 valence electrons. The van der Waals surface area contributed by atoms with Gasteiger partial charge in [0.1, 0.15) is 12.1 Å². The minimum absolute atomic E-state index is 0.109. The van der Waals surface area contributed by atoms with Crippen LogP contribution in [0.2, 0.25) is 0 Å². The average molecular weight is 450 g/mol. The summed E-state index contributed by atoms with van der Waals surface area (Å²) in [6.07, 6.45) is 7.33. The Morgan fingerprint density at radius 1 is 0.875 bits per heavy atom. The van der Waals surface area contributed by atoms with Crippen molar-refractivity contribution in [2.75, 3.05) is 13.1 Å². The summed E-state index contributed by atoms with van der Waals surface area (Å²) in [5.41, 5.74) is 5.28. The van der Waals surface area contributed by atoms with Gasteiger partial charge in [0.25, 0.3) is 0 Å². The van der Waals surface area contributed by atoms with Gasteiger partial charge in [0, 0.05) is 25.6 Å². The monoisotopic (exact) mass is 449 g/mol. The molecule has 0 radical (unpaired) electrons. The second-order valence-electron chi connectivity index (χ2n) is 10.8. The first-order valence-electron chi connectivity index (χ1n) is 12.0. The Bertz CT molecular complexity index is 728. The van der Waals surface area contributed by atoms with E-state index in [2.05, 4.69) is 10.6 Å². The zero-order valence-corrected chi connectivity index (χ0v) is 19.7. The molecular weight excluding hydrogens is 410 g/mol. The topological polar surface area (TPSA) is 125 Å². The highest BCUT2D eigenvalue weighted by Gasteiger charge is 2.45. The summed E-state index contributed by atoms with van der Waals surface area (Å²) < 4.78 is 0. The summed E-state index contributed by atoms with van der Waals surface area (Å²) in [5.74, 6) is -0.865. The Morgan fingerprint density at radius 3 is 2.16 bits per heavy atom. The van der Waals surface area contributed by atoms with E-state index in [4.69, 9.17) is 5.73 Å². The van der Waals surface area contributed by atoms with Crippen molar-refractivity contribution in [2.24, 2.45) is 11.1 Å². The van der Waals surface area contributed by atoms with Crippen molar-refractivity contribution in [3.63, 3.8) is 0 Å². The van der Waals surface area contributed by atoms with Gasteiger partial charge in [0.15, 0.2) is 0 Å². The van der Waals surface area contributed by atoms with Crippen molar-refractivity contribution < 1.29 is 19.2 Å². The average Bonchev–Trinajstić information content (AvgIpc) is 3.34. The molecular formula is C23H39N5O4. The van der Waals surface area contributed by atoms with E-state index in [1.807, 2.05) is 20.8 Å². The third kappa shape index (κ3) is 6.13. The molecule has 0 aromatic rings. The number of nitrogens with two attached hydrogens (primary N) is 1. The molecule has 1 saturated carbocycles. The number of primary amides is 1. The van der Waals surface area contributed by atoms with Crippen molar-refractivity contribution in [1.82, 2.24) is 20.4 Å². The van der Waals surface area contributed by atoms with E-state index in [1.54, 1.807) is 4.90 Å². The van der Waals surface area contributed by atoms with Crippen LogP contribution < -0.4 is 16.4 Å². The number of amides is 5. The number of nitrogens with zero attached hydrogens (tertiary/aromatic N) is 2. The van der Waals surface area contributed by atoms with E-state index >= 15 is 0 Å². The number of hydrogen-bond acceptors (Lipinski definition) is 4. The number of urea groups is 1. The highest BCUT2D eigenvalue weighted by atomic mass is 16.2. The Kier molecular flexibility index (Phi) is 7.67. The van der Waals surface area contributed by atoms with Gasteiger partial charge in [-0.3, -0.25) is 14.4 Å². The predicted octanol–water partition coefficient (Wildman–Crippen LogP) is 1.50. The van der Waals surface area contributed by atoms with Crippen LogP contribution in [0.4, 0.5) is 4.79 Å². The molecule has 5 amide bonds. The van der Waals surface area contributed by atoms with Crippen molar-refractivity contribution in [3.05, 3.63) is 0 Å². The molecule has 3 atom stereocenters. The Balaban J connectivity index is 1.69. The molecule has 32 heavy (non-hydrogen) atoms. The van der Waals surface area contributed by atoms with Crippen LogP contribution in [0.25, 0.3) is 0 Å². The first-order chi connectivity index (χ1) is 15.0. The first-order valence-corrected chi connectivity index (χ1v) is 12.0. The maximum Gasteiger partial charge on any atom is 0.315 e. The fraction of sp³-hybridized carbons (Fsp3) is 0.826. The van der Waals surface area contributed by atoms with Crippen LogP contribution >= 0.6 is 0 Å². The maximum atomic E-state index is 13.4. The second kappa shape index (κ2) is 10.1. The largest absolute Gasteiger partial charge is 0.368 e. The lowest BCUT2D eigenvalue weighted by atomic mass is 9.91. The number of likely N-dealkylation sites (tertiary alicyclic amines) is 2. The standard InChI is InChI=1S/C23H39N5O4/c1-23(2,3)13-19(29)28-14-16(26-22(32)25-15-8-5-4-6-9-15)12-18(28)21(31)27-11-7-10-17(27)20(24)30/h15-18H,4-14H2,1-3H3,(H2,24,30)(H2,25,26,32)/t16-,17+,18-/m0/s1. The van der Waals surface area contributed by atoms with Crippen molar-refractivity contribution >= 4 is 23.8 Å². The third-order valence-corrected chi connectivity index (χ3v) is 6.73. The van der Waals surface area contributed by atoms with Gasteiger partial charge in [0.2, 0.25) is 17.7 Å². The van der Waals surface area contributed by atoms with E-state index in [0.29, 0.717) is 38.8 Å². The normalized spacial score (nSPS) is 26.8. The molecule has 2 heterocycles. The summed E-state index contributed by atoms with van der Waals surface area (Å²) >= 11 is 0. The van der Waals surface area contributed by atoms with Crippen LogP contribution in [-0.4, -0.2) is 70.8 Å². The molecule has 0 aromatic carbocycles. The van der Waals surface area contributed by atoms with E-state index < -0.39 is 18.0 Å². The molecule has 0 bridgehead atoms. The zero-order valence-electron chi connectivity index (χ0n) is 19.7. The molecule has 4 N–H and O–H groups in total. The van der Waals surface area contributed by atoms with Gasteiger partial charge in [-0.1, -0.05) is 40.0 Å².